The molecule has 2 rings (SSSR count). The van der Waals surface area contributed by atoms with E-state index in [0.717, 1.165) is 43.3 Å². The van der Waals surface area contributed by atoms with Gasteiger partial charge in [-0.15, -0.1) is 11.3 Å². The largest absolute Gasteiger partial charge is 0.343 e. The molecule has 1 aromatic rings. The molecule has 0 saturated carbocycles. The third kappa shape index (κ3) is 3.72. The van der Waals surface area contributed by atoms with Crippen molar-refractivity contribution in [1.29, 1.82) is 0 Å². The molecule has 18 heavy (non-hydrogen) atoms. The van der Waals surface area contributed by atoms with E-state index in [2.05, 4.69) is 10.4 Å². The van der Waals surface area contributed by atoms with E-state index in [-0.39, 0.29) is 0 Å². The predicted molar refractivity (Wildman–Crippen MR) is 77.2 cm³/mol. The summed E-state index contributed by atoms with van der Waals surface area (Å²) in [5.74, 6) is 2.18. The maximum atomic E-state index is 11.6. The van der Waals surface area contributed by atoms with Crippen LogP contribution in [-0.2, 0) is 4.79 Å². The zero-order valence-electron chi connectivity index (χ0n) is 11.0. The van der Waals surface area contributed by atoms with Crippen LogP contribution in [0, 0.1) is 12.8 Å². The Kier molecular flexibility index (Phi) is 5.06. The van der Waals surface area contributed by atoms with E-state index in [9.17, 15) is 4.79 Å². The molecule has 5 heteroatoms. The molecule has 1 fully saturated rings. The number of hydrogen-bond donors (Lipinski definition) is 0. The lowest BCUT2D eigenvalue weighted by Crippen LogP contribution is -2.38. The summed E-state index contributed by atoms with van der Waals surface area (Å²) in [6.45, 7) is 5.86. The van der Waals surface area contributed by atoms with Gasteiger partial charge in [-0.05, 0) is 25.7 Å². The van der Waals surface area contributed by atoms with Gasteiger partial charge in [0, 0.05) is 36.3 Å². The Morgan fingerprint density at radius 1 is 1.56 bits per heavy atom. The number of aromatic nitrogens is 1. The highest BCUT2D eigenvalue weighted by Gasteiger charge is 2.21. The lowest BCUT2D eigenvalue weighted by Gasteiger charge is -2.31. The highest BCUT2D eigenvalue weighted by molar-refractivity contribution is 8.01. The monoisotopic (exact) mass is 284 g/mol. The fourth-order valence-corrected chi connectivity index (χ4v) is 4.22. The van der Waals surface area contributed by atoms with E-state index >= 15 is 0 Å². The number of thiazole rings is 1. The van der Waals surface area contributed by atoms with Crippen LogP contribution in [0.15, 0.2) is 9.72 Å². The lowest BCUT2D eigenvalue weighted by molar-refractivity contribution is -0.132. The topological polar surface area (TPSA) is 33.2 Å². The van der Waals surface area contributed by atoms with Crippen molar-refractivity contribution in [2.45, 2.75) is 37.4 Å². The molecule has 100 valence electrons. The molecule has 0 bridgehead atoms. The number of piperidine rings is 1. The van der Waals surface area contributed by atoms with E-state index in [1.165, 1.54) is 4.34 Å². The molecule has 0 unspecified atom stereocenters. The molecular formula is C13H20N2OS2. The van der Waals surface area contributed by atoms with Gasteiger partial charge in [-0.3, -0.25) is 4.79 Å². The summed E-state index contributed by atoms with van der Waals surface area (Å²) in [6.07, 6.45) is 2.92. The van der Waals surface area contributed by atoms with Crippen molar-refractivity contribution in [3.05, 3.63) is 11.1 Å². The molecule has 3 nitrogen and oxygen atoms in total. The summed E-state index contributed by atoms with van der Waals surface area (Å²) in [5.41, 5.74) is 1.12. The zero-order valence-corrected chi connectivity index (χ0v) is 12.6. The number of amides is 1. The van der Waals surface area contributed by atoms with Crippen molar-refractivity contribution in [2.24, 2.45) is 5.92 Å². The highest BCUT2D eigenvalue weighted by atomic mass is 32.2. The van der Waals surface area contributed by atoms with Gasteiger partial charge in [0.05, 0.1) is 0 Å². The van der Waals surface area contributed by atoms with Crippen LogP contribution < -0.4 is 0 Å². The van der Waals surface area contributed by atoms with Gasteiger partial charge in [0.2, 0.25) is 5.91 Å². The molecule has 2 heterocycles. The van der Waals surface area contributed by atoms with Gasteiger partial charge in [0.15, 0.2) is 0 Å². The molecular weight excluding hydrogens is 264 g/mol. The van der Waals surface area contributed by atoms with Crippen LogP contribution >= 0.6 is 23.1 Å². The molecule has 0 radical (unpaired) electrons. The van der Waals surface area contributed by atoms with Crippen LogP contribution in [0.3, 0.4) is 0 Å². The molecule has 1 aliphatic rings. The maximum Gasteiger partial charge on any atom is 0.222 e. The summed E-state index contributed by atoms with van der Waals surface area (Å²) < 4.78 is 1.18. The fourth-order valence-electron chi connectivity index (χ4n) is 2.16. The first-order chi connectivity index (χ1) is 8.69. The summed E-state index contributed by atoms with van der Waals surface area (Å²) >= 11 is 3.60. The van der Waals surface area contributed by atoms with E-state index in [4.69, 9.17) is 0 Å². The maximum absolute atomic E-state index is 11.6. The van der Waals surface area contributed by atoms with Gasteiger partial charge < -0.3 is 4.90 Å². The van der Waals surface area contributed by atoms with E-state index in [1.807, 2.05) is 30.5 Å². The third-order valence-electron chi connectivity index (χ3n) is 3.31. The number of thioether (sulfide) groups is 1. The van der Waals surface area contributed by atoms with E-state index < -0.39 is 0 Å². The second-order valence-corrected chi connectivity index (χ2v) is 6.87. The average molecular weight is 284 g/mol. The number of carbonyl (C=O) groups is 1. The van der Waals surface area contributed by atoms with Crippen LogP contribution in [0.1, 0.15) is 31.9 Å². The van der Waals surface area contributed by atoms with Gasteiger partial charge >= 0.3 is 0 Å². The van der Waals surface area contributed by atoms with Gasteiger partial charge in [0.25, 0.3) is 0 Å². The molecule has 0 N–H and O–H groups in total. The Balaban J connectivity index is 1.72. The van der Waals surface area contributed by atoms with Gasteiger partial charge in [0.1, 0.15) is 4.34 Å². The molecule has 1 aliphatic heterocycles. The first-order valence-electron chi connectivity index (χ1n) is 6.51. The minimum atomic E-state index is 0.302. The van der Waals surface area contributed by atoms with Gasteiger partial charge in [-0.1, -0.05) is 18.7 Å². The standard InChI is InChI=1S/C13H20N2OS2/c1-3-12(16)15-6-4-11(5-7-15)9-18-13-14-10(2)8-17-13/h8,11H,3-7,9H2,1-2H3. The number of nitrogens with zero attached hydrogens (tertiary/aromatic N) is 2. The van der Waals surface area contributed by atoms with E-state index in [0.29, 0.717) is 12.3 Å². The third-order valence-corrected chi connectivity index (χ3v) is 5.68. The number of carbonyl (C=O) groups excluding carboxylic acids is 1. The second-order valence-electron chi connectivity index (χ2n) is 4.74. The van der Waals surface area contributed by atoms with Crippen LogP contribution in [0.25, 0.3) is 0 Å². The minimum Gasteiger partial charge on any atom is -0.343 e. The number of likely N-dealkylation sites (tertiary alicyclic amines) is 1. The van der Waals surface area contributed by atoms with Gasteiger partial charge in [-0.25, -0.2) is 4.98 Å². The second kappa shape index (κ2) is 6.57. The van der Waals surface area contributed by atoms with Crippen molar-refractivity contribution >= 4 is 29.0 Å². The Morgan fingerprint density at radius 3 is 2.83 bits per heavy atom. The number of rotatable bonds is 4. The van der Waals surface area contributed by atoms with Crippen LogP contribution in [-0.4, -0.2) is 34.6 Å². The van der Waals surface area contributed by atoms with Crippen molar-refractivity contribution in [1.82, 2.24) is 9.88 Å². The fraction of sp³-hybridized carbons (Fsp3) is 0.692. The van der Waals surface area contributed by atoms with Crippen molar-refractivity contribution in [3.63, 3.8) is 0 Å². The van der Waals surface area contributed by atoms with Crippen LogP contribution in [0.2, 0.25) is 0 Å². The minimum absolute atomic E-state index is 0.302. The Hall–Kier alpha value is -0.550. The predicted octanol–water partition coefficient (Wildman–Crippen LogP) is 3.19. The quantitative estimate of drug-likeness (QED) is 0.796. The Morgan fingerprint density at radius 2 is 2.28 bits per heavy atom. The average Bonchev–Trinajstić information content (AvgIpc) is 2.82. The SMILES string of the molecule is CCC(=O)N1CCC(CSc2nc(C)cs2)CC1. The van der Waals surface area contributed by atoms with Crippen molar-refractivity contribution < 1.29 is 4.79 Å². The van der Waals surface area contributed by atoms with Crippen molar-refractivity contribution in [2.75, 3.05) is 18.8 Å². The first-order valence-corrected chi connectivity index (χ1v) is 8.38. The normalized spacial score (nSPS) is 17.1. The number of hydrogen-bond acceptors (Lipinski definition) is 4. The molecule has 0 aromatic carbocycles. The summed E-state index contributed by atoms with van der Waals surface area (Å²) in [7, 11) is 0. The molecule has 1 saturated heterocycles. The lowest BCUT2D eigenvalue weighted by atomic mass is 9.99. The smallest absolute Gasteiger partial charge is 0.222 e. The molecule has 0 atom stereocenters. The number of aryl methyl sites for hydroxylation is 1. The zero-order chi connectivity index (χ0) is 13.0. The molecule has 0 aliphatic carbocycles. The highest BCUT2D eigenvalue weighted by Crippen LogP contribution is 2.28. The summed E-state index contributed by atoms with van der Waals surface area (Å²) in [6, 6.07) is 0. The van der Waals surface area contributed by atoms with Crippen LogP contribution in [0.4, 0.5) is 0 Å². The molecule has 1 aromatic heterocycles. The van der Waals surface area contributed by atoms with Gasteiger partial charge in [-0.2, -0.15) is 0 Å². The van der Waals surface area contributed by atoms with Crippen LogP contribution in [0.5, 0.6) is 0 Å². The van der Waals surface area contributed by atoms with E-state index in [1.54, 1.807) is 11.3 Å². The summed E-state index contributed by atoms with van der Waals surface area (Å²) in [5, 5.41) is 2.10. The Labute approximate surface area is 117 Å². The molecule has 0 spiro atoms. The first kappa shape index (κ1) is 13.9. The van der Waals surface area contributed by atoms with Crippen molar-refractivity contribution in [3.8, 4) is 0 Å². The summed E-state index contributed by atoms with van der Waals surface area (Å²) in [4.78, 5) is 18.0. The molecule has 1 amide bonds. The Bertz CT molecular complexity index is 397.